The van der Waals surface area contributed by atoms with Crippen molar-refractivity contribution in [2.24, 2.45) is 5.41 Å². The molecule has 1 aliphatic heterocycles. The van der Waals surface area contributed by atoms with Crippen LogP contribution in [0, 0.1) is 5.41 Å². The van der Waals surface area contributed by atoms with Gasteiger partial charge >= 0.3 is 0 Å². The van der Waals surface area contributed by atoms with Crippen molar-refractivity contribution < 1.29 is 0 Å². The van der Waals surface area contributed by atoms with Crippen LogP contribution in [0.25, 0.3) is 11.0 Å². The minimum Gasteiger partial charge on any atom is -0.347 e. The Hall–Kier alpha value is -2.01. The second-order valence-corrected chi connectivity index (χ2v) is 8.06. The van der Waals surface area contributed by atoms with Crippen LogP contribution in [0.1, 0.15) is 31.9 Å². The molecule has 0 spiro atoms. The fourth-order valence-electron chi connectivity index (χ4n) is 3.58. The maximum absolute atomic E-state index is 4.60. The monoisotopic (exact) mass is 382 g/mol. The number of aromatic nitrogens is 3. The van der Waals surface area contributed by atoms with E-state index in [9.17, 15) is 0 Å². The molecule has 0 aliphatic carbocycles. The number of anilines is 1. The smallest absolute Gasteiger partial charge is 0.159 e. The first-order valence-electron chi connectivity index (χ1n) is 8.11. The van der Waals surface area contributed by atoms with Crippen molar-refractivity contribution in [3.8, 4) is 0 Å². The largest absolute Gasteiger partial charge is 0.347 e. The number of nitrogens with zero attached hydrogens (tertiary/aromatic N) is 4. The Morgan fingerprint density at radius 3 is 2.71 bits per heavy atom. The van der Waals surface area contributed by atoms with Crippen LogP contribution in [0.3, 0.4) is 0 Å². The number of hydrogen-bond donors (Lipinski definition) is 0. The molecule has 1 aromatic carbocycles. The molecule has 1 saturated heterocycles. The predicted octanol–water partition coefficient (Wildman–Crippen LogP) is 4.76. The van der Waals surface area contributed by atoms with Crippen molar-refractivity contribution in [1.82, 2.24) is 15.0 Å². The first kappa shape index (κ1) is 15.5. The zero-order chi connectivity index (χ0) is 16.7. The molecular weight excluding hydrogens is 364 g/mol. The molecular formula is C19H19BrN4. The highest BCUT2D eigenvalue weighted by Crippen LogP contribution is 2.45. The van der Waals surface area contributed by atoms with Crippen molar-refractivity contribution in [1.29, 1.82) is 0 Å². The van der Waals surface area contributed by atoms with E-state index in [1.807, 2.05) is 12.3 Å². The fourth-order valence-corrected chi connectivity index (χ4v) is 3.90. The molecule has 1 fully saturated rings. The van der Waals surface area contributed by atoms with Gasteiger partial charge in [-0.3, -0.25) is 0 Å². The summed E-state index contributed by atoms with van der Waals surface area (Å²) in [5.41, 5.74) is 3.28. The van der Waals surface area contributed by atoms with Gasteiger partial charge in [-0.1, -0.05) is 44.2 Å². The minimum absolute atomic E-state index is 0.229. The Morgan fingerprint density at radius 2 is 1.92 bits per heavy atom. The molecule has 0 N–H and O–H groups in total. The Morgan fingerprint density at radius 1 is 1.12 bits per heavy atom. The first-order valence-corrected chi connectivity index (χ1v) is 8.91. The van der Waals surface area contributed by atoms with Gasteiger partial charge in [0.1, 0.15) is 11.8 Å². The summed E-state index contributed by atoms with van der Waals surface area (Å²) in [6.45, 7) is 5.59. The summed E-state index contributed by atoms with van der Waals surface area (Å²) in [5.74, 6) is 0.923. The molecule has 3 heterocycles. The van der Waals surface area contributed by atoms with Crippen molar-refractivity contribution in [2.75, 3.05) is 11.4 Å². The molecule has 2 aromatic heterocycles. The van der Waals surface area contributed by atoms with Crippen LogP contribution in [0.2, 0.25) is 0 Å². The molecule has 24 heavy (non-hydrogen) atoms. The van der Waals surface area contributed by atoms with E-state index in [2.05, 4.69) is 80.0 Å². The van der Waals surface area contributed by atoms with Crippen molar-refractivity contribution in [2.45, 2.75) is 26.3 Å². The lowest BCUT2D eigenvalue weighted by molar-refractivity contribution is 0.404. The number of halogens is 1. The van der Waals surface area contributed by atoms with E-state index in [1.165, 1.54) is 5.56 Å². The highest BCUT2D eigenvalue weighted by molar-refractivity contribution is 9.10. The molecule has 0 bridgehead atoms. The van der Waals surface area contributed by atoms with Crippen molar-refractivity contribution >= 4 is 32.8 Å². The van der Waals surface area contributed by atoms with Gasteiger partial charge in [-0.25, -0.2) is 15.0 Å². The van der Waals surface area contributed by atoms with E-state index in [0.29, 0.717) is 6.04 Å². The summed E-state index contributed by atoms with van der Waals surface area (Å²) in [6, 6.07) is 13.0. The van der Waals surface area contributed by atoms with Crippen LogP contribution in [0.4, 0.5) is 5.82 Å². The summed E-state index contributed by atoms with van der Waals surface area (Å²) in [6.07, 6.45) is 4.55. The molecule has 1 unspecified atom stereocenters. The maximum Gasteiger partial charge on any atom is 0.159 e. The van der Waals surface area contributed by atoms with E-state index < -0.39 is 0 Å². The molecule has 0 amide bonds. The van der Waals surface area contributed by atoms with Crippen LogP contribution >= 0.6 is 15.9 Å². The van der Waals surface area contributed by atoms with E-state index in [4.69, 9.17) is 0 Å². The highest BCUT2D eigenvalue weighted by atomic mass is 79.9. The normalized spacial score (nSPS) is 19.8. The summed E-state index contributed by atoms with van der Waals surface area (Å²) >= 11 is 3.47. The molecule has 1 aliphatic rings. The first-order chi connectivity index (χ1) is 11.5. The number of hydrogen-bond acceptors (Lipinski definition) is 4. The van der Waals surface area contributed by atoms with Gasteiger partial charge in [0.05, 0.1) is 11.6 Å². The van der Waals surface area contributed by atoms with E-state index in [1.54, 1.807) is 6.33 Å². The van der Waals surface area contributed by atoms with Crippen molar-refractivity contribution in [3.63, 3.8) is 0 Å². The standard InChI is InChI=1S/C19H19BrN4/c1-19(2)9-16(13-6-4-3-5-7-13)24(11-19)18-17-15(22-12-23-18)8-14(20)10-21-17/h3-8,10,12,16H,9,11H2,1-2H3. The topological polar surface area (TPSA) is 41.9 Å². The summed E-state index contributed by atoms with van der Waals surface area (Å²) in [5, 5.41) is 0. The Bertz CT molecular complexity index is 879. The average molecular weight is 383 g/mol. The third kappa shape index (κ3) is 2.77. The molecule has 0 saturated carbocycles. The lowest BCUT2D eigenvalue weighted by Gasteiger charge is -2.26. The van der Waals surface area contributed by atoms with E-state index >= 15 is 0 Å². The second kappa shape index (κ2) is 5.81. The molecule has 1 atom stereocenters. The van der Waals surface area contributed by atoms with Crippen molar-refractivity contribution in [3.05, 3.63) is 59.0 Å². The van der Waals surface area contributed by atoms with E-state index in [-0.39, 0.29) is 5.41 Å². The average Bonchev–Trinajstić information content (AvgIpc) is 2.90. The SMILES string of the molecule is CC1(C)CC(c2ccccc2)N(c2ncnc3cc(Br)cnc23)C1. The quantitative estimate of drug-likeness (QED) is 0.640. The van der Waals surface area contributed by atoms with Gasteiger partial charge < -0.3 is 4.90 Å². The summed E-state index contributed by atoms with van der Waals surface area (Å²) in [7, 11) is 0. The van der Waals surface area contributed by atoms with Gasteiger partial charge in [0.25, 0.3) is 0 Å². The van der Waals surface area contributed by atoms with Gasteiger partial charge in [-0.2, -0.15) is 0 Å². The lowest BCUT2D eigenvalue weighted by atomic mass is 9.89. The Balaban J connectivity index is 1.85. The van der Waals surface area contributed by atoms with Crippen LogP contribution in [0.15, 0.2) is 53.4 Å². The third-order valence-electron chi connectivity index (χ3n) is 4.60. The second-order valence-electron chi connectivity index (χ2n) is 7.14. The Labute approximate surface area is 150 Å². The third-order valence-corrected chi connectivity index (χ3v) is 5.03. The van der Waals surface area contributed by atoms with Crippen LogP contribution in [0.5, 0.6) is 0 Å². The number of fused-ring (bicyclic) bond motifs is 1. The number of rotatable bonds is 2. The lowest BCUT2D eigenvalue weighted by Crippen LogP contribution is -2.26. The highest BCUT2D eigenvalue weighted by Gasteiger charge is 2.39. The molecule has 122 valence electrons. The molecule has 0 radical (unpaired) electrons. The van der Waals surface area contributed by atoms with Crippen LogP contribution < -0.4 is 4.90 Å². The zero-order valence-corrected chi connectivity index (χ0v) is 15.4. The van der Waals surface area contributed by atoms with Gasteiger partial charge in [0.2, 0.25) is 0 Å². The fraction of sp³-hybridized carbons (Fsp3) is 0.316. The van der Waals surface area contributed by atoms with Crippen LogP contribution in [-0.4, -0.2) is 21.5 Å². The van der Waals surface area contributed by atoms with E-state index in [0.717, 1.165) is 34.3 Å². The summed E-state index contributed by atoms with van der Waals surface area (Å²) in [4.78, 5) is 16.0. The number of pyridine rings is 1. The number of benzene rings is 1. The van der Waals surface area contributed by atoms with Crippen LogP contribution in [-0.2, 0) is 0 Å². The van der Waals surface area contributed by atoms with Gasteiger partial charge in [0.15, 0.2) is 5.82 Å². The zero-order valence-electron chi connectivity index (χ0n) is 13.8. The molecule has 4 nitrogen and oxygen atoms in total. The maximum atomic E-state index is 4.60. The predicted molar refractivity (Wildman–Crippen MR) is 100.0 cm³/mol. The minimum atomic E-state index is 0.229. The Kier molecular flexibility index (Phi) is 3.76. The molecule has 5 heteroatoms. The van der Waals surface area contributed by atoms with Gasteiger partial charge in [-0.05, 0) is 39.4 Å². The van der Waals surface area contributed by atoms with Gasteiger partial charge in [0, 0.05) is 17.2 Å². The summed E-state index contributed by atoms with van der Waals surface area (Å²) < 4.78 is 0.931. The molecule has 3 aromatic rings. The van der Waals surface area contributed by atoms with Gasteiger partial charge in [-0.15, -0.1) is 0 Å². The molecule has 4 rings (SSSR count).